The van der Waals surface area contributed by atoms with Crippen molar-refractivity contribution in [1.29, 1.82) is 0 Å². The summed E-state index contributed by atoms with van der Waals surface area (Å²) in [6.07, 6.45) is 0.354. The summed E-state index contributed by atoms with van der Waals surface area (Å²) in [6, 6.07) is 6.95. The summed E-state index contributed by atoms with van der Waals surface area (Å²) in [5.41, 5.74) is -1.08. The lowest BCUT2D eigenvalue weighted by Crippen LogP contribution is -2.53. The molecule has 16 nitrogen and oxygen atoms in total. The van der Waals surface area contributed by atoms with Crippen molar-refractivity contribution >= 4 is 23.9 Å². The molecule has 1 aliphatic rings. The fourth-order valence-electron chi connectivity index (χ4n) is 6.36. The highest BCUT2D eigenvalue weighted by molar-refractivity contribution is 5.76. The van der Waals surface area contributed by atoms with Gasteiger partial charge in [0, 0.05) is 59.0 Å². The topological polar surface area (TPSA) is 155 Å². The van der Waals surface area contributed by atoms with Crippen LogP contribution in [0.15, 0.2) is 24.3 Å². The number of carbonyl (C=O) groups excluding carboxylic acids is 4. The molecular formula is C45H78N4O12. The molecule has 0 radical (unpaired) electrons. The van der Waals surface area contributed by atoms with E-state index in [1.54, 1.807) is 6.92 Å². The predicted molar refractivity (Wildman–Crippen MR) is 233 cm³/mol. The first-order valence-electron chi connectivity index (χ1n) is 21.8. The standard InChI is InChI=1S/C45H78N4O12/c1-12-54-26-27-55-28-29-56-30-31-58-37-16-14-36(15-17-37)32-38(42(53)57-13-2)49-24-22-47(34-40(51)60-44(6,7)8)20-18-46(33-39(50)59-43(3,4)5)19-21-48(23-25-49)35-41(52)61-45(9,10)11/h14-17,38H,12-13,18-35H2,1-11H3/t38-/m1/s1. The minimum absolute atomic E-state index is 0.0228. The van der Waals surface area contributed by atoms with Crippen molar-refractivity contribution < 1.29 is 57.1 Å². The Morgan fingerprint density at radius 1 is 0.525 bits per heavy atom. The van der Waals surface area contributed by atoms with Crippen molar-refractivity contribution in [3.63, 3.8) is 0 Å². The second-order valence-corrected chi connectivity index (χ2v) is 18.0. The first kappa shape index (κ1) is 53.8. The van der Waals surface area contributed by atoms with Gasteiger partial charge in [0.15, 0.2) is 0 Å². The Hall–Kier alpha value is -3.38. The van der Waals surface area contributed by atoms with E-state index in [1.807, 2.05) is 108 Å². The zero-order valence-electron chi connectivity index (χ0n) is 39.2. The fourth-order valence-corrected chi connectivity index (χ4v) is 6.36. The average molecular weight is 867 g/mol. The summed E-state index contributed by atoms with van der Waals surface area (Å²) in [5.74, 6) is -0.788. The van der Waals surface area contributed by atoms with Crippen LogP contribution in [0.1, 0.15) is 81.7 Å². The lowest BCUT2D eigenvalue weighted by molar-refractivity contribution is -0.159. The molecule has 0 aliphatic carbocycles. The number of hydrogen-bond donors (Lipinski definition) is 0. The van der Waals surface area contributed by atoms with Gasteiger partial charge < -0.3 is 37.9 Å². The van der Waals surface area contributed by atoms with Crippen molar-refractivity contribution in [2.24, 2.45) is 0 Å². The van der Waals surface area contributed by atoms with Crippen molar-refractivity contribution in [3.8, 4) is 5.75 Å². The third kappa shape index (κ3) is 26.0. The molecule has 0 bridgehead atoms. The predicted octanol–water partition coefficient (Wildman–Crippen LogP) is 3.86. The van der Waals surface area contributed by atoms with E-state index in [1.165, 1.54) is 0 Å². The van der Waals surface area contributed by atoms with Crippen molar-refractivity contribution in [1.82, 2.24) is 19.6 Å². The quantitative estimate of drug-likeness (QED) is 0.0941. The van der Waals surface area contributed by atoms with Crippen molar-refractivity contribution in [2.45, 2.75) is 105 Å². The molecule has 0 amide bonds. The van der Waals surface area contributed by atoms with Gasteiger partial charge in [0.05, 0.1) is 59.3 Å². The SMILES string of the molecule is CCOCCOCCOCCOc1ccc(C[C@H](C(=O)OCC)N2CCN(CC(=O)OC(C)(C)C)CCN(CC(=O)OC(C)(C)C)CCN(CC(=O)OC(C)(C)C)CC2)cc1. The zero-order valence-corrected chi connectivity index (χ0v) is 39.2. The summed E-state index contributed by atoms with van der Waals surface area (Å²) in [7, 11) is 0. The van der Waals surface area contributed by atoms with Crippen LogP contribution in [0.3, 0.4) is 0 Å². The first-order valence-corrected chi connectivity index (χ1v) is 21.8. The number of benzene rings is 1. The van der Waals surface area contributed by atoms with E-state index in [-0.39, 0.29) is 50.1 Å². The number of esters is 4. The van der Waals surface area contributed by atoms with Gasteiger partial charge >= 0.3 is 23.9 Å². The van der Waals surface area contributed by atoms with Crippen LogP contribution in [-0.4, -0.2) is 191 Å². The molecule has 16 heteroatoms. The maximum absolute atomic E-state index is 13.8. The second kappa shape index (κ2) is 27.6. The number of ether oxygens (including phenoxy) is 8. The Bertz CT molecular complexity index is 1380. The number of hydrogen-bond acceptors (Lipinski definition) is 16. The molecule has 0 aromatic heterocycles. The molecular weight excluding hydrogens is 789 g/mol. The lowest BCUT2D eigenvalue weighted by atomic mass is 10.0. The Labute approximate surface area is 365 Å². The highest BCUT2D eigenvalue weighted by Crippen LogP contribution is 2.18. The molecule has 350 valence electrons. The van der Waals surface area contributed by atoms with Crippen molar-refractivity contribution in [2.75, 3.05) is 125 Å². The third-order valence-electron chi connectivity index (χ3n) is 8.99. The normalized spacial score (nSPS) is 16.5. The number of carbonyl (C=O) groups is 4. The van der Waals surface area contributed by atoms with Crippen LogP contribution in [0, 0.1) is 0 Å². The largest absolute Gasteiger partial charge is 0.491 e. The van der Waals surface area contributed by atoms with Crippen LogP contribution in [0.25, 0.3) is 0 Å². The van der Waals surface area contributed by atoms with E-state index in [2.05, 4.69) is 4.90 Å². The van der Waals surface area contributed by atoms with Crippen LogP contribution in [0.2, 0.25) is 0 Å². The van der Waals surface area contributed by atoms with Gasteiger partial charge in [-0.05, 0) is 100 Å². The first-order chi connectivity index (χ1) is 28.7. The summed E-state index contributed by atoms with van der Waals surface area (Å²) in [6.45, 7) is 27.3. The molecule has 0 unspecified atom stereocenters. The highest BCUT2D eigenvalue weighted by atomic mass is 16.6. The molecule has 0 saturated carbocycles. The molecule has 1 fully saturated rings. The fraction of sp³-hybridized carbons (Fsp3) is 0.778. The van der Waals surface area contributed by atoms with Crippen molar-refractivity contribution in [3.05, 3.63) is 29.8 Å². The summed E-state index contributed by atoms with van der Waals surface area (Å²) in [4.78, 5) is 61.3. The van der Waals surface area contributed by atoms with Crippen LogP contribution in [0.4, 0.5) is 0 Å². The molecule has 1 heterocycles. The van der Waals surface area contributed by atoms with Gasteiger partial charge in [-0.25, -0.2) is 0 Å². The Morgan fingerprint density at radius 3 is 1.28 bits per heavy atom. The lowest BCUT2D eigenvalue weighted by Gasteiger charge is -2.36. The van der Waals surface area contributed by atoms with Gasteiger partial charge in [-0.15, -0.1) is 0 Å². The van der Waals surface area contributed by atoms with Gasteiger partial charge in [-0.1, -0.05) is 12.1 Å². The van der Waals surface area contributed by atoms with Gasteiger partial charge in [0.1, 0.15) is 35.2 Å². The van der Waals surface area contributed by atoms with Gasteiger partial charge in [-0.3, -0.25) is 38.8 Å². The van der Waals surface area contributed by atoms with Crippen LogP contribution in [-0.2, 0) is 58.8 Å². The molecule has 1 atom stereocenters. The molecule has 0 N–H and O–H groups in total. The zero-order chi connectivity index (χ0) is 45.5. The molecule has 1 saturated heterocycles. The molecule has 1 aliphatic heterocycles. The van der Waals surface area contributed by atoms with E-state index >= 15 is 0 Å². The highest BCUT2D eigenvalue weighted by Gasteiger charge is 2.31. The van der Waals surface area contributed by atoms with E-state index in [4.69, 9.17) is 37.9 Å². The monoisotopic (exact) mass is 867 g/mol. The average Bonchev–Trinajstić information content (AvgIpc) is 3.13. The second-order valence-electron chi connectivity index (χ2n) is 18.0. The van der Waals surface area contributed by atoms with E-state index in [9.17, 15) is 19.2 Å². The molecule has 1 aromatic carbocycles. The third-order valence-corrected chi connectivity index (χ3v) is 8.99. The van der Waals surface area contributed by atoms with E-state index in [0.717, 1.165) is 5.56 Å². The summed E-state index contributed by atoms with van der Waals surface area (Å²) >= 11 is 0. The minimum atomic E-state index is -0.672. The van der Waals surface area contributed by atoms with Gasteiger partial charge in [0.25, 0.3) is 0 Å². The minimum Gasteiger partial charge on any atom is -0.491 e. The van der Waals surface area contributed by atoms with Crippen LogP contribution >= 0.6 is 0 Å². The van der Waals surface area contributed by atoms with Crippen LogP contribution < -0.4 is 4.74 Å². The Balaban J connectivity index is 2.33. The molecule has 61 heavy (non-hydrogen) atoms. The molecule has 0 spiro atoms. The summed E-state index contributed by atoms with van der Waals surface area (Å²) in [5, 5.41) is 0. The van der Waals surface area contributed by atoms with Gasteiger partial charge in [-0.2, -0.15) is 0 Å². The van der Waals surface area contributed by atoms with E-state index < -0.39 is 22.8 Å². The van der Waals surface area contributed by atoms with E-state index in [0.29, 0.717) is 111 Å². The smallest absolute Gasteiger partial charge is 0.323 e. The molecule has 1 aromatic rings. The maximum Gasteiger partial charge on any atom is 0.323 e. The maximum atomic E-state index is 13.8. The van der Waals surface area contributed by atoms with Gasteiger partial charge in [0.2, 0.25) is 0 Å². The summed E-state index contributed by atoms with van der Waals surface area (Å²) < 4.78 is 45.0. The number of nitrogens with zero attached hydrogens (tertiary/aromatic N) is 4. The Kier molecular flexibility index (Phi) is 24.3. The molecule has 2 rings (SSSR count). The number of rotatable bonds is 22. The van der Waals surface area contributed by atoms with Crippen LogP contribution in [0.5, 0.6) is 5.75 Å². The Morgan fingerprint density at radius 2 is 0.902 bits per heavy atom.